The van der Waals surface area contributed by atoms with Gasteiger partial charge in [0.1, 0.15) is 5.75 Å². The summed E-state index contributed by atoms with van der Waals surface area (Å²) in [5, 5.41) is 13.6. The normalized spacial score (nSPS) is 10.5. The highest BCUT2D eigenvalue weighted by atomic mass is 32.2. The van der Waals surface area contributed by atoms with E-state index in [1.807, 2.05) is 6.07 Å². The lowest BCUT2D eigenvalue weighted by Gasteiger charge is -2.03. The van der Waals surface area contributed by atoms with Gasteiger partial charge in [-0.3, -0.25) is 10.1 Å². The van der Waals surface area contributed by atoms with Crippen LogP contribution in [0, 0.1) is 0 Å². The molecule has 112 valence electrons. The van der Waals surface area contributed by atoms with Gasteiger partial charge in [-0.2, -0.15) is 9.36 Å². The molecule has 5 nitrogen and oxygen atoms in total. The van der Waals surface area contributed by atoms with E-state index in [2.05, 4.69) is 21.6 Å². The maximum atomic E-state index is 11.8. The molecule has 1 aromatic heterocycles. The summed E-state index contributed by atoms with van der Waals surface area (Å²) in [5.74, 6) is 1.21. The molecule has 0 aliphatic carbocycles. The fourth-order valence-electron chi connectivity index (χ4n) is 1.39. The lowest BCUT2D eigenvalue weighted by Crippen LogP contribution is -2.13. The van der Waals surface area contributed by atoms with Crippen molar-refractivity contribution < 1.29 is 9.90 Å². The number of carbonyl (C=O) groups is 1. The van der Waals surface area contributed by atoms with Crippen LogP contribution in [0.3, 0.4) is 0 Å². The van der Waals surface area contributed by atoms with E-state index in [0.717, 1.165) is 12.2 Å². The maximum absolute atomic E-state index is 11.8. The summed E-state index contributed by atoms with van der Waals surface area (Å²) in [7, 11) is 0. The fourth-order valence-corrected chi connectivity index (χ4v) is 3.56. The number of nitrogens with one attached hydrogen (secondary N) is 1. The highest BCUT2D eigenvalue weighted by Gasteiger charge is 2.10. The molecule has 1 amide bonds. The third kappa shape index (κ3) is 5.22. The Labute approximate surface area is 135 Å². The third-order valence-electron chi connectivity index (χ3n) is 2.31. The molecule has 0 bridgehead atoms. The van der Waals surface area contributed by atoms with Gasteiger partial charge < -0.3 is 5.11 Å². The number of aromatic hydroxyl groups is 1. The van der Waals surface area contributed by atoms with Gasteiger partial charge in [0.15, 0.2) is 0 Å². The average Bonchev–Trinajstić information content (AvgIpc) is 2.91. The highest BCUT2D eigenvalue weighted by Crippen LogP contribution is 2.27. The second-order valence-corrected chi connectivity index (χ2v) is 6.87. The van der Waals surface area contributed by atoms with Gasteiger partial charge >= 0.3 is 0 Å². The van der Waals surface area contributed by atoms with Gasteiger partial charge in [0.25, 0.3) is 0 Å². The zero-order valence-electron chi connectivity index (χ0n) is 11.4. The van der Waals surface area contributed by atoms with Crippen LogP contribution in [0.4, 0.5) is 5.13 Å². The number of anilines is 1. The van der Waals surface area contributed by atoms with Gasteiger partial charge in [-0.05, 0) is 18.6 Å². The molecule has 0 unspecified atom stereocenters. The van der Waals surface area contributed by atoms with Crippen molar-refractivity contribution >= 4 is 46.1 Å². The Morgan fingerprint density at radius 3 is 2.95 bits per heavy atom. The number of benzene rings is 1. The van der Waals surface area contributed by atoms with Gasteiger partial charge in [-0.1, -0.05) is 30.8 Å². The second kappa shape index (κ2) is 8.26. The molecule has 2 aromatic rings. The van der Waals surface area contributed by atoms with E-state index in [1.54, 1.807) is 30.0 Å². The molecule has 0 saturated heterocycles. The van der Waals surface area contributed by atoms with Crippen molar-refractivity contribution in [3.8, 4) is 5.75 Å². The van der Waals surface area contributed by atoms with Gasteiger partial charge in [0.2, 0.25) is 16.2 Å². The third-order valence-corrected chi connectivity index (χ3v) is 5.18. The number of phenols is 1. The first-order valence-corrected chi connectivity index (χ1v) is 9.10. The van der Waals surface area contributed by atoms with Crippen LogP contribution in [-0.2, 0) is 4.79 Å². The van der Waals surface area contributed by atoms with Crippen molar-refractivity contribution in [3.05, 3.63) is 24.3 Å². The Bertz CT molecular complexity index is 604. The lowest BCUT2D eigenvalue weighted by molar-refractivity contribution is -0.113. The molecule has 0 atom stereocenters. The molecule has 2 N–H and O–H groups in total. The summed E-state index contributed by atoms with van der Waals surface area (Å²) in [6.07, 6.45) is 1.06. The molecule has 1 aromatic carbocycles. The van der Waals surface area contributed by atoms with E-state index in [1.165, 1.54) is 23.3 Å². The summed E-state index contributed by atoms with van der Waals surface area (Å²) < 4.78 is 4.17. The fraction of sp³-hybridized carbons (Fsp3) is 0.308. The molecule has 0 spiro atoms. The summed E-state index contributed by atoms with van der Waals surface area (Å²) in [6, 6.07) is 6.94. The van der Waals surface area contributed by atoms with Crippen molar-refractivity contribution in [1.82, 2.24) is 9.36 Å². The quantitative estimate of drug-likeness (QED) is 0.751. The first-order valence-electron chi connectivity index (χ1n) is 6.36. The van der Waals surface area contributed by atoms with Crippen LogP contribution in [0.25, 0.3) is 0 Å². The van der Waals surface area contributed by atoms with E-state index in [9.17, 15) is 9.90 Å². The predicted molar refractivity (Wildman–Crippen MR) is 88.4 cm³/mol. The van der Waals surface area contributed by atoms with Crippen LogP contribution in [0.2, 0.25) is 0 Å². The van der Waals surface area contributed by atoms with E-state index in [-0.39, 0.29) is 17.4 Å². The van der Waals surface area contributed by atoms with Crippen LogP contribution in [0.15, 0.2) is 34.3 Å². The van der Waals surface area contributed by atoms with Crippen LogP contribution >= 0.6 is 35.1 Å². The Morgan fingerprint density at radius 1 is 1.38 bits per heavy atom. The minimum atomic E-state index is -0.161. The Hall–Kier alpha value is -1.25. The van der Waals surface area contributed by atoms with Gasteiger partial charge in [0.05, 0.1) is 5.75 Å². The van der Waals surface area contributed by atoms with Crippen molar-refractivity contribution in [2.24, 2.45) is 0 Å². The van der Waals surface area contributed by atoms with Gasteiger partial charge in [0, 0.05) is 22.2 Å². The van der Waals surface area contributed by atoms with Crippen LogP contribution in [0.5, 0.6) is 5.75 Å². The number of nitrogens with zero attached hydrogens (tertiary/aromatic N) is 2. The number of thioether (sulfide) groups is 2. The monoisotopic (exact) mass is 341 g/mol. The molecule has 0 saturated carbocycles. The minimum absolute atomic E-state index is 0.161. The molecule has 0 radical (unpaired) electrons. The number of rotatable bonds is 7. The first kappa shape index (κ1) is 16.1. The van der Waals surface area contributed by atoms with Crippen molar-refractivity contribution in [2.75, 3.05) is 16.8 Å². The number of hydrogen-bond acceptors (Lipinski definition) is 7. The number of aromatic nitrogens is 2. The van der Waals surface area contributed by atoms with E-state index in [0.29, 0.717) is 15.2 Å². The minimum Gasteiger partial charge on any atom is -0.507 e. The number of hydrogen-bond donors (Lipinski definition) is 2. The zero-order chi connectivity index (χ0) is 15.1. The first-order chi connectivity index (χ1) is 10.2. The van der Waals surface area contributed by atoms with E-state index >= 15 is 0 Å². The molecule has 8 heteroatoms. The van der Waals surface area contributed by atoms with E-state index in [4.69, 9.17) is 0 Å². The summed E-state index contributed by atoms with van der Waals surface area (Å²) in [5.41, 5.74) is 0. The molecular formula is C13H15N3O2S3. The molecule has 21 heavy (non-hydrogen) atoms. The van der Waals surface area contributed by atoms with Gasteiger partial charge in [-0.25, -0.2) is 0 Å². The molecule has 2 rings (SSSR count). The van der Waals surface area contributed by atoms with Crippen molar-refractivity contribution in [2.45, 2.75) is 23.4 Å². The smallest absolute Gasteiger partial charge is 0.236 e. The standard InChI is InChI=1S/C13H15N3O2S3/c1-2-7-19-13-15-12(21-16-13)14-11(18)8-20-10-6-4-3-5-9(10)17/h3-6,17H,2,7-8H2,1H3,(H,14,15,16,18). The second-order valence-electron chi connectivity index (χ2n) is 4.04. The molecular weight excluding hydrogens is 326 g/mol. The van der Waals surface area contributed by atoms with Gasteiger partial charge in [-0.15, -0.1) is 11.8 Å². The lowest BCUT2D eigenvalue weighted by atomic mass is 10.3. The Balaban J connectivity index is 1.82. The van der Waals surface area contributed by atoms with Crippen LogP contribution < -0.4 is 5.32 Å². The Morgan fingerprint density at radius 2 is 2.19 bits per heavy atom. The predicted octanol–water partition coefficient (Wildman–Crippen LogP) is 3.48. The summed E-state index contributed by atoms with van der Waals surface area (Å²) >= 11 is 4.04. The zero-order valence-corrected chi connectivity index (χ0v) is 13.9. The molecule has 1 heterocycles. The SMILES string of the molecule is CCCSc1nsc(NC(=O)CSc2ccccc2O)n1. The largest absolute Gasteiger partial charge is 0.507 e. The Kier molecular flexibility index (Phi) is 6.34. The molecule has 0 aliphatic heterocycles. The number of carbonyl (C=O) groups excluding carboxylic acids is 1. The highest BCUT2D eigenvalue weighted by molar-refractivity contribution is 8.00. The number of phenolic OH excluding ortho intramolecular Hbond substituents is 1. The van der Waals surface area contributed by atoms with E-state index < -0.39 is 0 Å². The van der Waals surface area contributed by atoms with Crippen LogP contribution in [0.1, 0.15) is 13.3 Å². The average molecular weight is 341 g/mol. The summed E-state index contributed by atoms with van der Waals surface area (Å²) in [6.45, 7) is 2.10. The molecule has 0 fully saturated rings. The topological polar surface area (TPSA) is 75.1 Å². The van der Waals surface area contributed by atoms with Crippen molar-refractivity contribution in [3.63, 3.8) is 0 Å². The maximum Gasteiger partial charge on any atom is 0.236 e. The molecule has 0 aliphatic rings. The van der Waals surface area contributed by atoms with Crippen LogP contribution in [-0.4, -0.2) is 31.9 Å². The number of amides is 1. The summed E-state index contributed by atoms with van der Waals surface area (Å²) in [4.78, 5) is 16.8. The van der Waals surface area contributed by atoms with Crippen molar-refractivity contribution in [1.29, 1.82) is 0 Å². The number of para-hydroxylation sites is 1.